The molecular weight excluding hydrogens is 228 g/mol. The molecule has 0 radical (unpaired) electrons. The SMILES string of the molecule is CN1C(=O)/C(=C\c2cccnc2)SC1=S. The molecule has 1 aromatic heterocycles. The molecule has 0 N–H and O–H groups in total. The average molecular weight is 236 g/mol. The summed E-state index contributed by atoms with van der Waals surface area (Å²) in [5, 5.41) is 0. The molecule has 0 atom stereocenters. The number of hydrogen-bond acceptors (Lipinski definition) is 4. The van der Waals surface area contributed by atoms with Crippen molar-refractivity contribution in [1.29, 1.82) is 0 Å². The monoisotopic (exact) mass is 236 g/mol. The van der Waals surface area contributed by atoms with Crippen molar-refractivity contribution < 1.29 is 4.79 Å². The molecule has 1 aromatic rings. The first kappa shape index (κ1) is 10.3. The summed E-state index contributed by atoms with van der Waals surface area (Å²) < 4.78 is 0.593. The number of carbonyl (C=O) groups excluding carboxylic acids is 1. The van der Waals surface area contributed by atoms with Gasteiger partial charge in [-0.3, -0.25) is 14.7 Å². The van der Waals surface area contributed by atoms with Crippen LogP contribution in [0, 0.1) is 0 Å². The maximum absolute atomic E-state index is 11.6. The van der Waals surface area contributed by atoms with Crippen molar-refractivity contribution in [3.8, 4) is 0 Å². The summed E-state index contributed by atoms with van der Waals surface area (Å²) in [4.78, 5) is 17.8. The smallest absolute Gasteiger partial charge is 0.265 e. The Kier molecular flexibility index (Phi) is 2.83. The summed E-state index contributed by atoms with van der Waals surface area (Å²) >= 11 is 6.34. The maximum Gasteiger partial charge on any atom is 0.265 e. The first-order valence-electron chi connectivity index (χ1n) is 4.30. The summed E-state index contributed by atoms with van der Waals surface area (Å²) in [7, 11) is 1.68. The summed E-state index contributed by atoms with van der Waals surface area (Å²) in [5.74, 6) is -0.0474. The lowest BCUT2D eigenvalue weighted by Gasteiger charge is -2.03. The number of rotatable bonds is 1. The third-order valence-corrected chi connectivity index (χ3v) is 3.45. The van der Waals surface area contributed by atoms with E-state index in [0.717, 1.165) is 5.56 Å². The van der Waals surface area contributed by atoms with E-state index in [1.165, 1.54) is 16.7 Å². The number of aromatic nitrogens is 1. The molecule has 5 heteroatoms. The minimum Gasteiger partial charge on any atom is -0.296 e. The number of thioether (sulfide) groups is 1. The zero-order valence-electron chi connectivity index (χ0n) is 8.01. The van der Waals surface area contributed by atoms with Crippen LogP contribution < -0.4 is 0 Å². The van der Waals surface area contributed by atoms with Crippen LogP contribution in [0.5, 0.6) is 0 Å². The molecule has 0 bridgehead atoms. The fraction of sp³-hybridized carbons (Fsp3) is 0.100. The number of amides is 1. The van der Waals surface area contributed by atoms with Gasteiger partial charge < -0.3 is 0 Å². The number of thiocarbonyl (C=S) groups is 1. The highest BCUT2D eigenvalue weighted by molar-refractivity contribution is 8.26. The molecule has 0 spiro atoms. The molecule has 1 aliphatic heterocycles. The molecule has 2 heterocycles. The van der Waals surface area contributed by atoms with E-state index >= 15 is 0 Å². The fourth-order valence-electron chi connectivity index (χ4n) is 1.16. The van der Waals surface area contributed by atoms with Gasteiger partial charge in [0.1, 0.15) is 4.32 Å². The number of nitrogens with zero attached hydrogens (tertiary/aromatic N) is 2. The summed E-state index contributed by atoms with van der Waals surface area (Å²) in [6.45, 7) is 0. The van der Waals surface area contributed by atoms with Crippen LogP contribution in [0.1, 0.15) is 5.56 Å². The Balaban J connectivity index is 2.30. The zero-order chi connectivity index (χ0) is 10.8. The molecule has 0 saturated carbocycles. The Labute approximate surface area is 97.2 Å². The summed E-state index contributed by atoms with van der Waals surface area (Å²) in [5.41, 5.74) is 0.909. The van der Waals surface area contributed by atoms with Crippen LogP contribution in [0.3, 0.4) is 0 Å². The molecular formula is C10H8N2OS2. The number of carbonyl (C=O) groups is 1. The Morgan fingerprint density at radius 1 is 1.60 bits per heavy atom. The van der Waals surface area contributed by atoms with Gasteiger partial charge in [0.25, 0.3) is 5.91 Å². The molecule has 3 nitrogen and oxygen atoms in total. The van der Waals surface area contributed by atoms with Crippen molar-refractivity contribution >= 4 is 40.3 Å². The van der Waals surface area contributed by atoms with Gasteiger partial charge >= 0.3 is 0 Å². The normalized spacial score (nSPS) is 19.0. The lowest BCUT2D eigenvalue weighted by Crippen LogP contribution is -2.22. The first-order valence-corrected chi connectivity index (χ1v) is 5.52. The van der Waals surface area contributed by atoms with Gasteiger partial charge in [-0.1, -0.05) is 30.0 Å². The lowest BCUT2D eigenvalue weighted by atomic mass is 10.2. The topological polar surface area (TPSA) is 33.2 Å². The van der Waals surface area contributed by atoms with Crippen LogP contribution in [-0.2, 0) is 4.79 Å². The lowest BCUT2D eigenvalue weighted by molar-refractivity contribution is -0.121. The molecule has 1 fully saturated rings. The molecule has 1 aliphatic rings. The van der Waals surface area contributed by atoms with E-state index in [0.29, 0.717) is 9.23 Å². The van der Waals surface area contributed by atoms with Crippen molar-refractivity contribution in [2.24, 2.45) is 0 Å². The second kappa shape index (κ2) is 4.12. The van der Waals surface area contributed by atoms with Gasteiger partial charge in [-0.2, -0.15) is 0 Å². The van der Waals surface area contributed by atoms with E-state index in [2.05, 4.69) is 4.98 Å². The van der Waals surface area contributed by atoms with E-state index < -0.39 is 0 Å². The van der Waals surface area contributed by atoms with Gasteiger partial charge in [0.2, 0.25) is 0 Å². The van der Waals surface area contributed by atoms with E-state index in [-0.39, 0.29) is 5.91 Å². The number of likely N-dealkylation sites (N-methyl/N-ethyl adjacent to an activating group) is 1. The molecule has 1 saturated heterocycles. The first-order chi connectivity index (χ1) is 7.18. The van der Waals surface area contributed by atoms with Crippen molar-refractivity contribution in [3.05, 3.63) is 35.0 Å². The van der Waals surface area contributed by atoms with Crippen molar-refractivity contribution in [2.45, 2.75) is 0 Å². The van der Waals surface area contributed by atoms with Crippen LogP contribution in [0.4, 0.5) is 0 Å². The number of pyridine rings is 1. The third kappa shape index (κ3) is 2.08. The van der Waals surface area contributed by atoms with Gasteiger partial charge in [0.15, 0.2) is 0 Å². The van der Waals surface area contributed by atoms with Crippen LogP contribution in [0.25, 0.3) is 6.08 Å². The Morgan fingerprint density at radius 3 is 2.93 bits per heavy atom. The van der Waals surface area contributed by atoms with E-state index in [4.69, 9.17) is 12.2 Å². The average Bonchev–Trinajstić information content (AvgIpc) is 2.48. The van der Waals surface area contributed by atoms with Crippen LogP contribution in [-0.4, -0.2) is 27.2 Å². The van der Waals surface area contributed by atoms with E-state index in [9.17, 15) is 4.79 Å². The van der Waals surface area contributed by atoms with Gasteiger partial charge in [-0.25, -0.2) is 0 Å². The highest BCUT2D eigenvalue weighted by Gasteiger charge is 2.28. The number of hydrogen-bond donors (Lipinski definition) is 0. The molecule has 0 aliphatic carbocycles. The second-order valence-electron chi connectivity index (χ2n) is 3.03. The van der Waals surface area contributed by atoms with Crippen LogP contribution in [0.15, 0.2) is 29.4 Å². The minimum absolute atomic E-state index is 0.0474. The van der Waals surface area contributed by atoms with Gasteiger partial charge in [-0.15, -0.1) is 0 Å². The predicted molar refractivity (Wildman–Crippen MR) is 65.2 cm³/mol. The Hall–Kier alpha value is -1.20. The molecule has 15 heavy (non-hydrogen) atoms. The maximum atomic E-state index is 11.6. The van der Waals surface area contributed by atoms with E-state index in [1.807, 2.05) is 12.1 Å². The van der Waals surface area contributed by atoms with Crippen molar-refractivity contribution in [2.75, 3.05) is 7.05 Å². The molecule has 0 unspecified atom stereocenters. The second-order valence-corrected chi connectivity index (χ2v) is 4.70. The quantitative estimate of drug-likeness (QED) is 0.551. The summed E-state index contributed by atoms with van der Waals surface area (Å²) in [6, 6.07) is 3.73. The van der Waals surface area contributed by atoms with Crippen molar-refractivity contribution in [1.82, 2.24) is 9.88 Å². The van der Waals surface area contributed by atoms with Crippen molar-refractivity contribution in [3.63, 3.8) is 0 Å². The third-order valence-electron chi connectivity index (χ3n) is 1.97. The molecule has 0 aromatic carbocycles. The van der Waals surface area contributed by atoms with Gasteiger partial charge in [-0.05, 0) is 17.7 Å². The fourth-order valence-corrected chi connectivity index (χ4v) is 2.34. The largest absolute Gasteiger partial charge is 0.296 e. The Morgan fingerprint density at radius 2 is 2.40 bits per heavy atom. The molecule has 2 rings (SSSR count). The van der Waals surface area contributed by atoms with Crippen LogP contribution in [0.2, 0.25) is 0 Å². The van der Waals surface area contributed by atoms with E-state index in [1.54, 1.807) is 25.5 Å². The zero-order valence-corrected chi connectivity index (χ0v) is 9.64. The predicted octanol–water partition coefficient (Wildman–Crippen LogP) is 1.91. The highest BCUT2D eigenvalue weighted by Crippen LogP contribution is 2.30. The molecule has 76 valence electrons. The minimum atomic E-state index is -0.0474. The highest BCUT2D eigenvalue weighted by atomic mass is 32.2. The standard InChI is InChI=1S/C10H8N2OS2/c1-12-9(13)8(15-10(12)14)5-7-3-2-4-11-6-7/h2-6H,1H3/b8-5+. The molecule has 1 amide bonds. The summed E-state index contributed by atoms with van der Waals surface area (Å²) in [6.07, 6.45) is 5.21. The Bertz CT molecular complexity index is 442. The van der Waals surface area contributed by atoms with Crippen LogP contribution >= 0.6 is 24.0 Å². The van der Waals surface area contributed by atoms with Gasteiger partial charge in [0.05, 0.1) is 4.91 Å². The van der Waals surface area contributed by atoms with Gasteiger partial charge in [0, 0.05) is 19.4 Å².